The highest BCUT2D eigenvalue weighted by molar-refractivity contribution is 5.79. The Balaban J connectivity index is 1.62. The number of aromatic nitrogens is 2. The first-order chi connectivity index (χ1) is 14.7. The Labute approximate surface area is 184 Å². The lowest BCUT2D eigenvalue weighted by Crippen LogP contribution is -2.55. The summed E-state index contributed by atoms with van der Waals surface area (Å²) in [5.74, 6) is 0.958. The van der Waals surface area contributed by atoms with E-state index in [1.165, 1.54) is 11.1 Å². The molecule has 4 rings (SSSR count). The van der Waals surface area contributed by atoms with Crippen LogP contribution < -0.4 is 4.90 Å². The summed E-state index contributed by atoms with van der Waals surface area (Å²) in [5.41, 5.74) is 4.19. The van der Waals surface area contributed by atoms with E-state index < -0.39 is 5.60 Å². The smallest absolute Gasteiger partial charge is 0.410 e. The first-order valence-electron chi connectivity index (χ1n) is 11.0. The van der Waals surface area contributed by atoms with Gasteiger partial charge in [0.1, 0.15) is 5.60 Å². The van der Waals surface area contributed by atoms with E-state index in [-0.39, 0.29) is 12.1 Å². The minimum atomic E-state index is -0.491. The molecule has 0 radical (unpaired) electrons. The largest absolute Gasteiger partial charge is 0.444 e. The van der Waals surface area contributed by atoms with Crippen LogP contribution in [0.2, 0.25) is 0 Å². The van der Waals surface area contributed by atoms with Gasteiger partial charge >= 0.3 is 6.09 Å². The van der Waals surface area contributed by atoms with Crippen molar-refractivity contribution < 1.29 is 9.53 Å². The fourth-order valence-corrected chi connectivity index (χ4v) is 4.15. The van der Waals surface area contributed by atoms with Gasteiger partial charge in [0.25, 0.3) is 0 Å². The third-order valence-electron chi connectivity index (χ3n) is 5.76. The summed E-state index contributed by atoms with van der Waals surface area (Å²) in [7, 11) is 0. The summed E-state index contributed by atoms with van der Waals surface area (Å²) in [6, 6.07) is 16.8. The molecule has 6 heteroatoms. The number of carbonyl (C=O) groups is 1. The molecule has 0 saturated carbocycles. The molecular weight excluding hydrogens is 388 g/mol. The number of piperazine rings is 1. The molecule has 6 nitrogen and oxygen atoms in total. The molecule has 164 valence electrons. The second kappa shape index (κ2) is 8.25. The Kier molecular flexibility index (Phi) is 5.65. The second-order valence-corrected chi connectivity index (χ2v) is 9.38. The highest BCUT2D eigenvalue weighted by Gasteiger charge is 2.32. The van der Waals surface area contributed by atoms with Crippen molar-refractivity contribution in [3.05, 3.63) is 59.7 Å². The van der Waals surface area contributed by atoms with Crippen LogP contribution in [0.15, 0.2) is 48.5 Å². The van der Waals surface area contributed by atoms with E-state index in [9.17, 15) is 4.79 Å². The quantitative estimate of drug-likeness (QED) is 0.608. The summed E-state index contributed by atoms with van der Waals surface area (Å²) in [4.78, 5) is 21.7. The van der Waals surface area contributed by atoms with Crippen LogP contribution in [0.1, 0.15) is 38.8 Å². The number of anilines is 1. The number of benzene rings is 2. The number of amides is 1. The summed E-state index contributed by atoms with van der Waals surface area (Å²) in [5, 5.41) is 0. The van der Waals surface area contributed by atoms with Gasteiger partial charge in [0.05, 0.1) is 17.6 Å². The van der Waals surface area contributed by atoms with Crippen molar-refractivity contribution in [2.45, 2.75) is 52.8 Å². The predicted molar refractivity (Wildman–Crippen MR) is 125 cm³/mol. The van der Waals surface area contributed by atoms with E-state index >= 15 is 0 Å². The predicted octanol–water partition coefficient (Wildman–Crippen LogP) is 4.84. The minimum absolute atomic E-state index is 0.0373. The van der Waals surface area contributed by atoms with E-state index in [1.54, 1.807) is 0 Å². The van der Waals surface area contributed by atoms with E-state index in [1.807, 2.05) is 31.7 Å². The van der Waals surface area contributed by atoms with E-state index in [4.69, 9.17) is 9.72 Å². The molecule has 2 heterocycles. The van der Waals surface area contributed by atoms with Gasteiger partial charge in [-0.25, -0.2) is 9.78 Å². The third kappa shape index (κ3) is 4.53. The zero-order chi connectivity index (χ0) is 22.2. The van der Waals surface area contributed by atoms with Gasteiger partial charge in [-0.2, -0.15) is 0 Å². The van der Waals surface area contributed by atoms with Crippen LogP contribution in [0.5, 0.6) is 0 Å². The Morgan fingerprint density at radius 1 is 1.10 bits per heavy atom. The van der Waals surface area contributed by atoms with Crippen molar-refractivity contribution in [3.8, 4) is 0 Å². The molecule has 1 fully saturated rings. The lowest BCUT2D eigenvalue weighted by molar-refractivity contribution is 0.0158. The van der Waals surface area contributed by atoms with Crippen molar-refractivity contribution in [3.63, 3.8) is 0 Å². The molecule has 2 aromatic carbocycles. The number of carbonyl (C=O) groups excluding carboxylic acids is 1. The molecule has 1 aliphatic rings. The number of hydrogen-bond donors (Lipinski definition) is 0. The summed E-state index contributed by atoms with van der Waals surface area (Å²) in [6.07, 6.45) is -0.243. The number of aryl methyl sites for hydroxylation is 1. The SMILES string of the molecule is Cc1ccccc1Cn1c(N2CCN(C(=O)OC(C)(C)C)[C@H](C)C2)nc2ccccc21. The summed E-state index contributed by atoms with van der Waals surface area (Å²) in [6.45, 7) is 12.8. The number of hydrogen-bond acceptors (Lipinski definition) is 4. The first-order valence-corrected chi connectivity index (χ1v) is 11.0. The average Bonchev–Trinajstić information content (AvgIpc) is 3.07. The maximum absolute atomic E-state index is 12.6. The Morgan fingerprint density at radius 2 is 1.81 bits per heavy atom. The van der Waals surface area contributed by atoms with Crippen LogP contribution in [0.4, 0.5) is 10.7 Å². The zero-order valence-corrected chi connectivity index (χ0v) is 19.1. The fraction of sp³-hybridized carbons (Fsp3) is 0.440. The summed E-state index contributed by atoms with van der Waals surface area (Å²) >= 11 is 0. The molecule has 1 atom stereocenters. The van der Waals surface area contributed by atoms with Gasteiger partial charge < -0.3 is 19.1 Å². The van der Waals surface area contributed by atoms with Crippen molar-refractivity contribution in [2.75, 3.05) is 24.5 Å². The molecule has 1 aromatic heterocycles. The van der Waals surface area contributed by atoms with Gasteiger partial charge in [-0.15, -0.1) is 0 Å². The van der Waals surface area contributed by atoms with Crippen molar-refractivity contribution in [1.82, 2.24) is 14.5 Å². The van der Waals surface area contributed by atoms with Crippen LogP contribution in [-0.2, 0) is 11.3 Å². The number of fused-ring (bicyclic) bond motifs is 1. The Bertz CT molecular complexity index is 1080. The molecule has 1 amide bonds. The van der Waals surface area contributed by atoms with Gasteiger partial charge in [0, 0.05) is 25.7 Å². The van der Waals surface area contributed by atoms with Crippen molar-refractivity contribution in [1.29, 1.82) is 0 Å². The molecule has 0 aliphatic carbocycles. The maximum Gasteiger partial charge on any atom is 0.410 e. The monoisotopic (exact) mass is 420 g/mol. The number of imidazole rings is 1. The Morgan fingerprint density at radius 3 is 2.52 bits per heavy atom. The standard InChI is InChI=1S/C25H32N4O2/c1-18-10-6-7-11-20(18)17-29-22-13-9-8-12-21(22)26-23(29)27-14-15-28(19(2)16-27)24(30)31-25(3,4)5/h6-13,19H,14-17H2,1-5H3/t19-/m1/s1. The average molecular weight is 421 g/mol. The van der Waals surface area contributed by atoms with Crippen molar-refractivity contribution >= 4 is 23.1 Å². The van der Waals surface area contributed by atoms with E-state index in [0.29, 0.717) is 6.54 Å². The lowest BCUT2D eigenvalue weighted by Gasteiger charge is -2.40. The van der Waals surface area contributed by atoms with Crippen LogP contribution in [0, 0.1) is 6.92 Å². The summed E-state index contributed by atoms with van der Waals surface area (Å²) < 4.78 is 7.90. The normalized spacial score (nSPS) is 17.3. The number of rotatable bonds is 3. The first kappa shape index (κ1) is 21.2. The van der Waals surface area contributed by atoms with Crippen LogP contribution in [0.25, 0.3) is 11.0 Å². The molecule has 0 N–H and O–H groups in total. The highest BCUT2D eigenvalue weighted by atomic mass is 16.6. The third-order valence-corrected chi connectivity index (χ3v) is 5.76. The molecule has 1 aliphatic heterocycles. The molecule has 0 unspecified atom stereocenters. The van der Waals surface area contributed by atoms with Gasteiger partial charge in [0.15, 0.2) is 0 Å². The number of ether oxygens (including phenoxy) is 1. The molecule has 31 heavy (non-hydrogen) atoms. The highest BCUT2D eigenvalue weighted by Crippen LogP contribution is 2.27. The van der Waals surface area contributed by atoms with Crippen LogP contribution in [0.3, 0.4) is 0 Å². The fourth-order valence-electron chi connectivity index (χ4n) is 4.15. The van der Waals surface area contributed by atoms with Gasteiger partial charge in [-0.1, -0.05) is 36.4 Å². The van der Waals surface area contributed by atoms with Crippen LogP contribution in [-0.4, -0.2) is 51.8 Å². The molecular formula is C25H32N4O2. The number of nitrogens with zero attached hydrogens (tertiary/aromatic N) is 4. The van der Waals surface area contributed by atoms with Gasteiger partial charge in [0.2, 0.25) is 5.95 Å². The Hall–Kier alpha value is -3.02. The molecule has 3 aromatic rings. The minimum Gasteiger partial charge on any atom is -0.444 e. The molecule has 0 bridgehead atoms. The number of para-hydroxylation sites is 2. The lowest BCUT2D eigenvalue weighted by atomic mass is 10.1. The van der Waals surface area contributed by atoms with E-state index in [0.717, 1.165) is 36.6 Å². The van der Waals surface area contributed by atoms with Gasteiger partial charge in [-0.3, -0.25) is 0 Å². The van der Waals surface area contributed by atoms with Crippen molar-refractivity contribution in [2.24, 2.45) is 0 Å². The topological polar surface area (TPSA) is 50.6 Å². The zero-order valence-electron chi connectivity index (χ0n) is 19.1. The van der Waals surface area contributed by atoms with Gasteiger partial charge in [-0.05, 0) is 57.9 Å². The molecule has 0 spiro atoms. The van der Waals surface area contributed by atoms with E-state index in [2.05, 4.69) is 65.8 Å². The molecule has 1 saturated heterocycles. The van der Waals surface area contributed by atoms with Crippen LogP contribution >= 0.6 is 0 Å². The second-order valence-electron chi connectivity index (χ2n) is 9.38. The maximum atomic E-state index is 12.6.